The van der Waals surface area contributed by atoms with Gasteiger partial charge in [0.2, 0.25) is 0 Å². The van der Waals surface area contributed by atoms with E-state index in [2.05, 4.69) is 6.92 Å². The van der Waals surface area contributed by atoms with Crippen molar-refractivity contribution in [3.8, 4) is 0 Å². The molecule has 128 valence electrons. The second-order valence-corrected chi connectivity index (χ2v) is 7.13. The van der Waals surface area contributed by atoms with Gasteiger partial charge in [0.15, 0.2) is 17.9 Å². The molecule has 0 saturated carbocycles. The summed E-state index contributed by atoms with van der Waals surface area (Å²) < 4.78 is 35.6. The van der Waals surface area contributed by atoms with Crippen LogP contribution in [0.3, 0.4) is 0 Å². The lowest BCUT2D eigenvalue weighted by molar-refractivity contribution is -0.236. The Kier molecular flexibility index (Phi) is 4.53. The lowest BCUT2D eigenvalue weighted by Crippen LogP contribution is -2.44. The summed E-state index contributed by atoms with van der Waals surface area (Å²) in [6.45, 7) is 10.9. The first-order valence-corrected chi connectivity index (χ1v) is 8.26. The number of fused-ring (bicyclic) bond motifs is 1. The first kappa shape index (κ1) is 16.6. The van der Waals surface area contributed by atoms with Crippen molar-refractivity contribution in [3.63, 3.8) is 0 Å². The average molecular weight is 316 g/mol. The molecule has 5 atom stereocenters. The van der Waals surface area contributed by atoms with Crippen LogP contribution in [0.4, 0.5) is 0 Å². The summed E-state index contributed by atoms with van der Waals surface area (Å²) in [6.07, 6.45) is 0.889. The summed E-state index contributed by atoms with van der Waals surface area (Å²) in [5.74, 6) is -1.22. The van der Waals surface area contributed by atoms with Crippen molar-refractivity contribution in [2.75, 3.05) is 13.2 Å². The Morgan fingerprint density at radius 1 is 1.00 bits per heavy atom. The highest BCUT2D eigenvalue weighted by Crippen LogP contribution is 2.41. The summed E-state index contributed by atoms with van der Waals surface area (Å²) in [6, 6.07) is 0. The van der Waals surface area contributed by atoms with E-state index in [1.165, 1.54) is 0 Å². The average Bonchev–Trinajstić information content (AvgIpc) is 3.01. The third-order valence-electron chi connectivity index (χ3n) is 4.23. The fourth-order valence-corrected chi connectivity index (χ4v) is 3.23. The molecule has 1 unspecified atom stereocenters. The van der Waals surface area contributed by atoms with Crippen molar-refractivity contribution in [1.82, 2.24) is 0 Å². The third-order valence-corrected chi connectivity index (χ3v) is 4.23. The first-order chi connectivity index (χ1) is 10.3. The van der Waals surface area contributed by atoms with Crippen LogP contribution in [-0.4, -0.2) is 55.5 Å². The molecule has 3 saturated heterocycles. The molecule has 22 heavy (non-hydrogen) atoms. The monoisotopic (exact) mass is 316 g/mol. The zero-order valence-electron chi connectivity index (χ0n) is 14.2. The van der Waals surface area contributed by atoms with E-state index in [9.17, 15) is 0 Å². The van der Waals surface area contributed by atoms with E-state index >= 15 is 0 Å². The predicted molar refractivity (Wildman–Crippen MR) is 78.3 cm³/mol. The number of hydrogen-bond acceptors (Lipinski definition) is 6. The summed E-state index contributed by atoms with van der Waals surface area (Å²) in [5.41, 5.74) is 0. The van der Waals surface area contributed by atoms with Gasteiger partial charge in [0, 0.05) is 6.61 Å². The topological polar surface area (TPSA) is 55.4 Å². The summed E-state index contributed by atoms with van der Waals surface area (Å²) in [5, 5.41) is 0. The lowest BCUT2D eigenvalue weighted by Gasteiger charge is -2.29. The van der Waals surface area contributed by atoms with Gasteiger partial charge in [-0.05, 0) is 34.1 Å². The van der Waals surface area contributed by atoms with Crippen LogP contribution < -0.4 is 0 Å². The summed E-state index contributed by atoms with van der Waals surface area (Å²) in [4.78, 5) is 0. The van der Waals surface area contributed by atoms with Gasteiger partial charge >= 0.3 is 0 Å². The van der Waals surface area contributed by atoms with Gasteiger partial charge in [0.25, 0.3) is 0 Å². The molecular weight excluding hydrogens is 288 g/mol. The van der Waals surface area contributed by atoms with Gasteiger partial charge in [-0.15, -0.1) is 0 Å². The van der Waals surface area contributed by atoms with Gasteiger partial charge in [-0.2, -0.15) is 0 Å². The molecule has 0 aromatic heterocycles. The maximum Gasteiger partial charge on any atom is 0.190 e. The van der Waals surface area contributed by atoms with E-state index in [1.54, 1.807) is 0 Å². The maximum atomic E-state index is 6.08. The highest BCUT2D eigenvalue weighted by molar-refractivity contribution is 4.98. The number of ether oxygens (including phenoxy) is 6. The van der Waals surface area contributed by atoms with Gasteiger partial charge in [-0.25, -0.2) is 0 Å². The largest absolute Gasteiger partial charge is 0.372 e. The normalized spacial score (nSPS) is 42.7. The van der Waals surface area contributed by atoms with E-state index in [1.807, 2.05) is 27.7 Å². The quantitative estimate of drug-likeness (QED) is 0.725. The molecule has 6 nitrogen and oxygen atoms in total. The molecule has 3 aliphatic rings. The van der Waals surface area contributed by atoms with Crippen molar-refractivity contribution >= 4 is 0 Å². The van der Waals surface area contributed by atoms with Crippen molar-refractivity contribution in [2.24, 2.45) is 0 Å². The zero-order chi connectivity index (χ0) is 16.0. The van der Waals surface area contributed by atoms with Gasteiger partial charge in [-0.3, -0.25) is 0 Å². The first-order valence-electron chi connectivity index (χ1n) is 8.26. The Morgan fingerprint density at radius 2 is 1.77 bits per heavy atom. The second kappa shape index (κ2) is 6.00. The third kappa shape index (κ3) is 3.32. The van der Waals surface area contributed by atoms with E-state index in [4.69, 9.17) is 28.4 Å². The molecule has 0 aromatic carbocycles. The van der Waals surface area contributed by atoms with Crippen LogP contribution >= 0.6 is 0 Å². The predicted octanol–water partition coefficient (Wildman–Crippen LogP) is 2.20. The number of unbranched alkanes of at least 4 members (excludes halogenated alkanes) is 1. The minimum absolute atomic E-state index is 0.164. The van der Waals surface area contributed by atoms with Crippen LogP contribution in [0.1, 0.15) is 47.5 Å². The summed E-state index contributed by atoms with van der Waals surface area (Å²) in [7, 11) is 0. The number of hydrogen-bond donors (Lipinski definition) is 0. The van der Waals surface area contributed by atoms with Crippen molar-refractivity contribution < 1.29 is 28.4 Å². The van der Waals surface area contributed by atoms with Gasteiger partial charge in [0.1, 0.15) is 24.4 Å². The molecule has 3 rings (SSSR count). The Labute approximate surface area is 132 Å². The van der Waals surface area contributed by atoms with Crippen molar-refractivity contribution in [1.29, 1.82) is 0 Å². The van der Waals surface area contributed by atoms with Crippen LogP contribution in [0.15, 0.2) is 0 Å². The van der Waals surface area contributed by atoms with Crippen LogP contribution in [0, 0.1) is 0 Å². The molecule has 3 heterocycles. The van der Waals surface area contributed by atoms with Crippen molar-refractivity contribution in [3.05, 3.63) is 0 Å². The molecule has 3 aliphatic heterocycles. The minimum Gasteiger partial charge on any atom is -0.372 e. The molecule has 0 aliphatic carbocycles. The van der Waals surface area contributed by atoms with Crippen LogP contribution in [0.25, 0.3) is 0 Å². The Hall–Kier alpha value is -0.240. The second-order valence-electron chi connectivity index (χ2n) is 7.13. The van der Waals surface area contributed by atoms with Gasteiger partial charge < -0.3 is 28.4 Å². The highest BCUT2D eigenvalue weighted by atomic mass is 16.8. The minimum atomic E-state index is -0.640. The standard InChI is InChI=1S/C16H28O6/c1-6-7-8-17-12-11(10-9-18-15(2,3)20-10)19-14-13(12)21-16(4,5)22-14/h10-14H,6-9H2,1-5H3/t10-,11-,12+,13?,14-/m1/s1. The Morgan fingerprint density at radius 3 is 2.41 bits per heavy atom. The SMILES string of the molecule is CCCCO[C@@H]1C2OC(C)(C)O[C@H]2O[C@@H]1[C@H]1COC(C)(C)O1. The fourth-order valence-electron chi connectivity index (χ4n) is 3.23. The molecule has 6 heteroatoms. The fraction of sp³-hybridized carbons (Fsp3) is 1.00. The molecule has 0 bridgehead atoms. The molecular formula is C16H28O6. The molecule has 0 aromatic rings. The van der Waals surface area contributed by atoms with E-state index in [0.717, 1.165) is 12.8 Å². The maximum absolute atomic E-state index is 6.08. The Bertz CT molecular complexity index is 396. The van der Waals surface area contributed by atoms with Crippen LogP contribution in [-0.2, 0) is 28.4 Å². The molecule has 0 amide bonds. The smallest absolute Gasteiger partial charge is 0.190 e. The van der Waals surface area contributed by atoms with Crippen LogP contribution in [0.5, 0.6) is 0 Å². The van der Waals surface area contributed by atoms with Crippen molar-refractivity contribution in [2.45, 2.75) is 89.7 Å². The van der Waals surface area contributed by atoms with E-state index in [-0.39, 0.29) is 24.4 Å². The van der Waals surface area contributed by atoms with Crippen LogP contribution in [0.2, 0.25) is 0 Å². The van der Waals surface area contributed by atoms with Gasteiger partial charge in [-0.1, -0.05) is 13.3 Å². The lowest BCUT2D eigenvalue weighted by atomic mass is 10.1. The Balaban J connectivity index is 1.69. The zero-order valence-corrected chi connectivity index (χ0v) is 14.2. The highest BCUT2D eigenvalue weighted by Gasteiger charge is 2.58. The molecule has 0 spiro atoms. The summed E-state index contributed by atoms with van der Waals surface area (Å²) >= 11 is 0. The van der Waals surface area contributed by atoms with Gasteiger partial charge in [0.05, 0.1) is 6.61 Å². The molecule has 0 N–H and O–H groups in total. The van der Waals surface area contributed by atoms with E-state index in [0.29, 0.717) is 13.2 Å². The molecule has 0 radical (unpaired) electrons. The van der Waals surface area contributed by atoms with E-state index < -0.39 is 17.9 Å². The molecule has 3 fully saturated rings. The number of rotatable bonds is 5.